The number of phosphoric acid groups is 1. The Morgan fingerprint density at radius 3 is 0.442 bits per heavy atom. The van der Waals surface area contributed by atoms with Gasteiger partial charge in [-0.1, -0.05) is 290 Å². The van der Waals surface area contributed by atoms with Gasteiger partial charge in [-0.2, -0.15) is 7.82 Å². The maximum Gasteiger partial charge on any atom is 0.187 e. The first-order valence-electron chi connectivity index (χ1n) is 33.8. The summed E-state index contributed by atoms with van der Waals surface area (Å²) in [6, 6.07) is 0. The van der Waals surface area contributed by atoms with Gasteiger partial charge in [0.15, 0.2) is 18.7 Å². The van der Waals surface area contributed by atoms with E-state index in [0.717, 1.165) is 33.1 Å². The standard InChI is InChI=1S/3C22H48NO.H3O4P/c3*1-5-6-7-8-9-10-11-12-13-14-15-16-17-18-19-20-21-23(3,4)22(2)24;1-5(2,3)4/h3*22,24H,5-21H2,1-4H3;(H3,1,2,3,4)/q3*+1;/p-3. The van der Waals surface area contributed by atoms with Gasteiger partial charge in [0, 0.05) is 20.8 Å². The molecule has 0 aromatic heterocycles. The highest BCUT2D eigenvalue weighted by molar-refractivity contribution is 7.40. The van der Waals surface area contributed by atoms with Gasteiger partial charge in [0.1, 0.15) is 0 Å². The predicted molar refractivity (Wildman–Crippen MR) is 332 cm³/mol. The average Bonchev–Trinajstić information content (AvgIpc) is 3.35. The van der Waals surface area contributed by atoms with E-state index in [1.54, 1.807) is 0 Å². The van der Waals surface area contributed by atoms with Crippen LogP contribution >= 0.6 is 7.82 Å². The van der Waals surface area contributed by atoms with Crippen LogP contribution in [-0.4, -0.2) is 109 Å². The molecule has 0 aliphatic rings. The predicted octanol–water partition coefficient (Wildman–Crippen LogP) is 17.2. The lowest BCUT2D eigenvalue weighted by Gasteiger charge is -2.36. The second kappa shape index (κ2) is 60.5. The lowest BCUT2D eigenvalue weighted by molar-refractivity contribution is -0.934. The first-order valence-corrected chi connectivity index (χ1v) is 35.2. The minimum atomic E-state index is -5.39. The van der Waals surface area contributed by atoms with Crippen molar-refractivity contribution in [2.45, 2.75) is 368 Å². The monoisotopic (exact) mass is 1120 g/mol. The van der Waals surface area contributed by atoms with Crippen LogP contribution in [0, 0.1) is 0 Å². The summed E-state index contributed by atoms with van der Waals surface area (Å²) in [5.41, 5.74) is 0. The molecule has 3 N–H and O–H groups in total. The molecule has 0 spiro atoms. The summed E-state index contributed by atoms with van der Waals surface area (Å²) in [5.74, 6) is 0. The largest absolute Gasteiger partial charge is 0.822 e. The molecule has 10 nitrogen and oxygen atoms in total. The topological polar surface area (TPSA) is 147 Å². The maximum atomic E-state index is 9.68. The zero-order valence-electron chi connectivity index (χ0n) is 54.6. The zero-order chi connectivity index (χ0) is 58.8. The molecule has 77 heavy (non-hydrogen) atoms. The molecular weight excluding hydrogens is 978 g/mol. The number of nitrogens with zero attached hydrogens (tertiary/aromatic N) is 3. The minimum absolute atomic E-state index is 0.249. The van der Waals surface area contributed by atoms with Crippen LogP contribution in [0.3, 0.4) is 0 Å². The van der Waals surface area contributed by atoms with Crippen LogP contribution in [0.2, 0.25) is 0 Å². The highest BCUT2D eigenvalue weighted by Crippen LogP contribution is 2.18. The van der Waals surface area contributed by atoms with Crippen molar-refractivity contribution in [3.05, 3.63) is 0 Å². The number of unbranched alkanes of at least 4 members (excludes halogenated alkanes) is 45. The van der Waals surface area contributed by atoms with Crippen LogP contribution in [-0.2, 0) is 4.57 Å². The van der Waals surface area contributed by atoms with Crippen LogP contribution in [0.4, 0.5) is 0 Å². The molecule has 3 unspecified atom stereocenters. The average molecular weight is 1120 g/mol. The molecule has 0 saturated heterocycles. The minimum Gasteiger partial charge on any atom is -0.822 e. The Balaban J connectivity index is -0.000000495. The third-order valence-corrected chi connectivity index (χ3v) is 16.8. The number of quaternary nitrogens is 3. The first-order chi connectivity index (χ1) is 36.5. The fourth-order valence-electron chi connectivity index (χ4n) is 9.76. The fraction of sp³-hybridized carbons (Fsp3) is 1.00. The van der Waals surface area contributed by atoms with Crippen LogP contribution in [0.15, 0.2) is 0 Å². The van der Waals surface area contributed by atoms with Crippen molar-refractivity contribution < 1.29 is 48.0 Å². The van der Waals surface area contributed by atoms with E-state index in [2.05, 4.69) is 63.1 Å². The van der Waals surface area contributed by atoms with E-state index in [0.29, 0.717) is 0 Å². The molecule has 11 heteroatoms. The van der Waals surface area contributed by atoms with Crippen LogP contribution < -0.4 is 14.7 Å². The zero-order valence-corrected chi connectivity index (χ0v) is 55.5. The van der Waals surface area contributed by atoms with Crippen molar-refractivity contribution in [3.8, 4) is 0 Å². The summed E-state index contributed by atoms with van der Waals surface area (Å²) in [6.07, 6.45) is 67.2. The second-order valence-electron chi connectivity index (χ2n) is 25.8. The smallest absolute Gasteiger partial charge is 0.187 e. The molecule has 0 heterocycles. The maximum absolute atomic E-state index is 9.68. The summed E-state index contributed by atoms with van der Waals surface area (Å²) < 4.78 is 10.8. The van der Waals surface area contributed by atoms with Crippen molar-refractivity contribution in [2.24, 2.45) is 0 Å². The van der Waals surface area contributed by atoms with E-state index in [1.165, 1.54) is 308 Å². The van der Waals surface area contributed by atoms with E-state index in [1.807, 2.05) is 20.8 Å². The summed E-state index contributed by atoms with van der Waals surface area (Å²) in [5, 5.41) is 29.0. The summed E-state index contributed by atoms with van der Waals surface area (Å²) in [6.45, 7) is 15.8. The fourth-order valence-corrected chi connectivity index (χ4v) is 9.76. The normalized spacial score (nSPS) is 13.3. The molecule has 0 aromatic carbocycles. The number of aliphatic hydroxyl groups is 3. The molecule has 0 amide bonds. The van der Waals surface area contributed by atoms with Gasteiger partial charge in [-0.05, 0) is 38.5 Å². The van der Waals surface area contributed by atoms with E-state index in [9.17, 15) is 15.3 Å². The number of rotatable bonds is 54. The van der Waals surface area contributed by atoms with Gasteiger partial charge in [0.25, 0.3) is 0 Å². The molecule has 3 atom stereocenters. The van der Waals surface area contributed by atoms with E-state index in [-0.39, 0.29) is 18.7 Å². The molecule has 0 fully saturated rings. The highest BCUT2D eigenvalue weighted by atomic mass is 31.2. The Morgan fingerprint density at radius 2 is 0.351 bits per heavy atom. The van der Waals surface area contributed by atoms with Gasteiger partial charge in [0.2, 0.25) is 0 Å². The molecule has 470 valence electrons. The molecular formula is C66H144N3O7P. The SMILES string of the molecule is CCCCCCCCCCCCCCCCCC[N+](C)(C)C(C)O.CCCCCCCCCCCCCCCCCC[N+](C)(C)C(C)O.CCCCCCCCCCCCCCCCCC[N+](C)(C)C(C)O.O=P([O-])([O-])[O-]. The molecule has 0 radical (unpaired) electrons. The third kappa shape index (κ3) is 73.9. The highest BCUT2D eigenvalue weighted by Gasteiger charge is 2.22. The van der Waals surface area contributed by atoms with Gasteiger partial charge in [0.05, 0.1) is 61.9 Å². The van der Waals surface area contributed by atoms with Gasteiger partial charge in [-0.25, -0.2) is 0 Å². The Kier molecular flexibility index (Phi) is 65.4. The van der Waals surface area contributed by atoms with Gasteiger partial charge in [-0.15, -0.1) is 0 Å². The number of aliphatic hydroxyl groups excluding tert-OH is 3. The van der Waals surface area contributed by atoms with Crippen molar-refractivity contribution in [3.63, 3.8) is 0 Å². The van der Waals surface area contributed by atoms with Crippen molar-refractivity contribution in [1.82, 2.24) is 0 Å². The van der Waals surface area contributed by atoms with Crippen molar-refractivity contribution in [2.75, 3.05) is 61.9 Å². The molecule has 0 saturated carbocycles. The van der Waals surface area contributed by atoms with E-state index < -0.39 is 7.82 Å². The third-order valence-electron chi connectivity index (χ3n) is 16.8. The Bertz CT molecular complexity index is 1030. The Morgan fingerprint density at radius 1 is 0.260 bits per heavy atom. The Hall–Kier alpha value is -0.130. The number of hydrogen-bond acceptors (Lipinski definition) is 7. The van der Waals surface area contributed by atoms with Crippen molar-refractivity contribution in [1.29, 1.82) is 0 Å². The molecule has 0 aliphatic heterocycles. The van der Waals surface area contributed by atoms with Crippen LogP contribution in [0.1, 0.15) is 350 Å². The first kappa shape index (κ1) is 83.3. The lowest BCUT2D eigenvalue weighted by atomic mass is 10.0. The molecule has 0 aliphatic carbocycles. The second-order valence-corrected chi connectivity index (χ2v) is 26.7. The van der Waals surface area contributed by atoms with E-state index in [4.69, 9.17) is 19.2 Å². The summed E-state index contributed by atoms with van der Waals surface area (Å²) in [7, 11) is 7.34. The molecule has 0 rings (SSSR count). The number of hydrogen-bond donors (Lipinski definition) is 3. The quantitative estimate of drug-likeness (QED) is 0.0238. The summed E-state index contributed by atoms with van der Waals surface area (Å²) >= 11 is 0. The van der Waals surface area contributed by atoms with Crippen molar-refractivity contribution >= 4 is 7.82 Å². The summed E-state index contributed by atoms with van der Waals surface area (Å²) in [4.78, 5) is 25.6. The molecule has 0 bridgehead atoms. The van der Waals surface area contributed by atoms with Gasteiger partial charge >= 0.3 is 0 Å². The van der Waals surface area contributed by atoms with Gasteiger partial charge in [-0.3, -0.25) is 0 Å². The Labute approximate surface area is 484 Å². The molecule has 0 aromatic rings. The van der Waals surface area contributed by atoms with Crippen LogP contribution in [0.5, 0.6) is 0 Å². The van der Waals surface area contributed by atoms with Gasteiger partial charge < -0.3 is 48.0 Å². The van der Waals surface area contributed by atoms with Crippen LogP contribution in [0.25, 0.3) is 0 Å². The van der Waals surface area contributed by atoms with E-state index >= 15 is 0 Å². The lowest BCUT2D eigenvalue weighted by Crippen LogP contribution is -2.47.